The fourth-order valence-corrected chi connectivity index (χ4v) is 2.97. The first kappa shape index (κ1) is 25.1. The second-order valence-corrected chi connectivity index (χ2v) is 7.26. The number of allylic oxidation sites excluding steroid dienone is 6. The van der Waals surface area contributed by atoms with E-state index in [2.05, 4.69) is 36.5 Å². The summed E-state index contributed by atoms with van der Waals surface area (Å²) >= 11 is 0. The molecule has 0 unspecified atom stereocenters. The molecule has 2 heteroatoms. The van der Waals surface area contributed by atoms with Crippen LogP contribution in [0.1, 0.15) is 103 Å². The Hall–Kier alpha value is -0.860. The lowest BCUT2D eigenvalue weighted by Crippen LogP contribution is -1.97. The molecule has 0 aliphatic rings. The van der Waals surface area contributed by atoms with Gasteiger partial charge in [-0.2, -0.15) is 0 Å². The van der Waals surface area contributed by atoms with Crippen molar-refractivity contribution in [1.29, 1.82) is 0 Å². The van der Waals surface area contributed by atoms with Gasteiger partial charge in [-0.25, -0.2) is 0 Å². The average Bonchev–Trinajstić information content (AvgIpc) is 2.66. The maximum absolute atomic E-state index is 5.50. The van der Waals surface area contributed by atoms with E-state index in [1.807, 2.05) is 0 Å². The third kappa shape index (κ3) is 23.1. The lowest BCUT2D eigenvalue weighted by atomic mass is 10.1. The van der Waals surface area contributed by atoms with Crippen LogP contribution in [0.2, 0.25) is 0 Å². The van der Waals surface area contributed by atoms with Crippen LogP contribution in [-0.4, -0.2) is 13.1 Å². The highest BCUT2D eigenvalue weighted by molar-refractivity contribution is 4.90. The molecule has 0 fully saturated rings. The molecule has 0 aliphatic heterocycles. The van der Waals surface area contributed by atoms with Gasteiger partial charge in [-0.15, -0.1) is 0 Å². The van der Waals surface area contributed by atoms with Gasteiger partial charge < -0.3 is 11.5 Å². The van der Waals surface area contributed by atoms with Crippen LogP contribution >= 0.6 is 0 Å². The Kier molecular flexibility index (Phi) is 23.3. The van der Waals surface area contributed by atoms with Gasteiger partial charge in [-0.05, 0) is 77.3 Å². The maximum Gasteiger partial charge on any atom is -0.00773 e. The Morgan fingerprint density at radius 1 is 0.308 bits per heavy atom. The first-order chi connectivity index (χ1) is 12.9. The van der Waals surface area contributed by atoms with E-state index in [1.165, 1.54) is 103 Å². The van der Waals surface area contributed by atoms with Crippen LogP contribution < -0.4 is 11.5 Å². The highest BCUT2D eigenvalue weighted by Gasteiger charge is 1.90. The van der Waals surface area contributed by atoms with Crippen molar-refractivity contribution in [3.63, 3.8) is 0 Å². The molecule has 2 nitrogen and oxygen atoms in total. The smallest absolute Gasteiger partial charge is 0.00773 e. The second-order valence-electron chi connectivity index (χ2n) is 7.26. The van der Waals surface area contributed by atoms with Gasteiger partial charge in [0.25, 0.3) is 0 Å². The minimum atomic E-state index is 0.833. The molecule has 0 spiro atoms. The molecule has 0 saturated carbocycles. The summed E-state index contributed by atoms with van der Waals surface area (Å²) in [7, 11) is 0. The molecule has 0 amide bonds. The molecule has 0 radical (unpaired) electrons. The molecule has 26 heavy (non-hydrogen) atoms. The third-order valence-electron chi connectivity index (χ3n) is 4.65. The zero-order valence-corrected chi connectivity index (χ0v) is 17.3. The Morgan fingerprint density at radius 2 is 0.577 bits per heavy atom. The van der Waals surface area contributed by atoms with Gasteiger partial charge in [0.05, 0.1) is 0 Å². The van der Waals surface area contributed by atoms with Crippen molar-refractivity contribution in [3.8, 4) is 0 Å². The summed E-state index contributed by atoms with van der Waals surface area (Å²) in [6, 6.07) is 0. The van der Waals surface area contributed by atoms with Crippen LogP contribution in [0.25, 0.3) is 0 Å². The number of nitrogens with two attached hydrogens (primary N) is 2. The highest BCUT2D eigenvalue weighted by atomic mass is 14.5. The van der Waals surface area contributed by atoms with Gasteiger partial charge in [-0.1, -0.05) is 75.0 Å². The molecular formula is C24H46N2. The monoisotopic (exact) mass is 362 g/mol. The molecule has 0 rings (SSSR count). The van der Waals surface area contributed by atoms with Gasteiger partial charge in [0, 0.05) is 0 Å². The molecular weight excluding hydrogens is 316 g/mol. The van der Waals surface area contributed by atoms with Crippen LogP contribution in [0.4, 0.5) is 0 Å². The summed E-state index contributed by atoms with van der Waals surface area (Å²) in [4.78, 5) is 0. The molecule has 0 aromatic rings. The van der Waals surface area contributed by atoms with E-state index in [9.17, 15) is 0 Å². The Balaban J connectivity index is 3.22. The topological polar surface area (TPSA) is 52.0 Å². The van der Waals surface area contributed by atoms with Gasteiger partial charge in [0.1, 0.15) is 0 Å². The molecule has 152 valence electrons. The van der Waals surface area contributed by atoms with Crippen LogP contribution in [-0.2, 0) is 0 Å². The summed E-state index contributed by atoms with van der Waals surface area (Å²) < 4.78 is 0. The van der Waals surface area contributed by atoms with Crippen molar-refractivity contribution >= 4 is 0 Å². The van der Waals surface area contributed by atoms with E-state index in [-0.39, 0.29) is 0 Å². The number of unbranched alkanes of at least 4 members (excludes halogenated alkanes) is 12. The summed E-state index contributed by atoms with van der Waals surface area (Å²) in [6.45, 7) is 1.69. The molecule has 0 bridgehead atoms. The lowest BCUT2D eigenvalue weighted by molar-refractivity contribution is 0.584. The van der Waals surface area contributed by atoms with Crippen molar-refractivity contribution in [2.75, 3.05) is 13.1 Å². The molecule has 0 aromatic carbocycles. The molecule has 0 aliphatic carbocycles. The molecule has 0 atom stereocenters. The van der Waals surface area contributed by atoms with Crippen LogP contribution in [0.3, 0.4) is 0 Å². The second kappa shape index (κ2) is 24.1. The fourth-order valence-electron chi connectivity index (χ4n) is 2.97. The SMILES string of the molecule is NCCCCCC=CCCC=CCCC=CCCCCCCCCCN. The van der Waals surface area contributed by atoms with Crippen molar-refractivity contribution in [2.24, 2.45) is 11.5 Å². The summed E-state index contributed by atoms with van der Waals surface area (Å²) in [5, 5.41) is 0. The fraction of sp³-hybridized carbons (Fsp3) is 0.750. The van der Waals surface area contributed by atoms with Crippen LogP contribution in [0.5, 0.6) is 0 Å². The Labute approximate surface area is 164 Å². The molecule has 0 aromatic heterocycles. The van der Waals surface area contributed by atoms with Crippen LogP contribution in [0.15, 0.2) is 36.5 Å². The van der Waals surface area contributed by atoms with E-state index in [0.29, 0.717) is 0 Å². The summed E-state index contributed by atoms with van der Waals surface area (Å²) in [5.74, 6) is 0. The van der Waals surface area contributed by atoms with Crippen molar-refractivity contribution in [2.45, 2.75) is 103 Å². The summed E-state index contributed by atoms with van der Waals surface area (Å²) in [5.41, 5.74) is 11.0. The van der Waals surface area contributed by atoms with Gasteiger partial charge in [-0.3, -0.25) is 0 Å². The minimum absolute atomic E-state index is 0.833. The normalized spacial score (nSPS) is 12.2. The standard InChI is InChI=1S/C24H46N2/c25-23-21-19-17-15-13-11-9-7-5-3-1-2-4-6-8-10-12-14-16-18-20-22-24-26/h3-6,11,13H,1-2,7-10,12,14-26H2. The predicted molar refractivity (Wildman–Crippen MR) is 119 cm³/mol. The highest BCUT2D eigenvalue weighted by Crippen LogP contribution is 2.09. The van der Waals surface area contributed by atoms with E-state index < -0.39 is 0 Å². The third-order valence-corrected chi connectivity index (χ3v) is 4.65. The van der Waals surface area contributed by atoms with E-state index in [1.54, 1.807) is 0 Å². The van der Waals surface area contributed by atoms with E-state index in [4.69, 9.17) is 11.5 Å². The minimum Gasteiger partial charge on any atom is -0.330 e. The Bertz CT molecular complexity index is 331. The zero-order chi connectivity index (χ0) is 19.0. The van der Waals surface area contributed by atoms with E-state index in [0.717, 1.165) is 13.1 Å². The predicted octanol–water partition coefficient (Wildman–Crippen LogP) is 6.81. The largest absolute Gasteiger partial charge is 0.330 e. The molecule has 0 saturated heterocycles. The number of rotatable bonds is 20. The average molecular weight is 363 g/mol. The van der Waals surface area contributed by atoms with Gasteiger partial charge >= 0.3 is 0 Å². The van der Waals surface area contributed by atoms with Crippen LogP contribution in [0, 0.1) is 0 Å². The van der Waals surface area contributed by atoms with E-state index >= 15 is 0 Å². The van der Waals surface area contributed by atoms with Gasteiger partial charge in [0.15, 0.2) is 0 Å². The van der Waals surface area contributed by atoms with Crippen molar-refractivity contribution in [1.82, 2.24) is 0 Å². The van der Waals surface area contributed by atoms with Gasteiger partial charge in [0.2, 0.25) is 0 Å². The van der Waals surface area contributed by atoms with Crippen molar-refractivity contribution in [3.05, 3.63) is 36.5 Å². The first-order valence-electron chi connectivity index (χ1n) is 11.3. The Morgan fingerprint density at radius 3 is 0.962 bits per heavy atom. The number of hydrogen-bond donors (Lipinski definition) is 2. The zero-order valence-electron chi connectivity index (χ0n) is 17.3. The first-order valence-corrected chi connectivity index (χ1v) is 11.3. The lowest BCUT2D eigenvalue weighted by Gasteiger charge is -1.99. The maximum atomic E-state index is 5.50. The summed E-state index contributed by atoms with van der Waals surface area (Å²) in [6.07, 6.45) is 34.3. The van der Waals surface area contributed by atoms with Crippen molar-refractivity contribution < 1.29 is 0 Å². The number of hydrogen-bond acceptors (Lipinski definition) is 2. The molecule has 4 N–H and O–H groups in total. The quantitative estimate of drug-likeness (QED) is 0.184. The molecule has 0 heterocycles.